The molecule has 3 heterocycles. The number of carbonyl (C=O) groups excluding carboxylic acids is 1. The Balaban J connectivity index is 2.18. The molecule has 0 amide bonds. The molecule has 19 heavy (non-hydrogen) atoms. The Morgan fingerprint density at radius 2 is 2.37 bits per heavy atom. The smallest absolute Gasteiger partial charge is 0.340 e. The van der Waals surface area contributed by atoms with Crippen LogP contribution in [0.1, 0.15) is 10.4 Å². The van der Waals surface area contributed by atoms with Crippen molar-refractivity contribution in [2.75, 3.05) is 7.11 Å². The number of fused-ring (bicyclic) bond motifs is 1. The minimum Gasteiger partial charge on any atom is -0.465 e. The minimum absolute atomic E-state index is 0.407. The molecule has 3 aromatic heterocycles. The van der Waals surface area contributed by atoms with Crippen LogP contribution >= 0.6 is 27.3 Å². The van der Waals surface area contributed by atoms with Gasteiger partial charge in [-0.15, -0.1) is 11.3 Å². The van der Waals surface area contributed by atoms with Crippen LogP contribution < -0.4 is 0 Å². The van der Waals surface area contributed by atoms with Crippen LogP contribution in [-0.4, -0.2) is 28.0 Å². The zero-order valence-corrected chi connectivity index (χ0v) is 12.2. The van der Waals surface area contributed by atoms with E-state index in [0.29, 0.717) is 22.6 Å². The van der Waals surface area contributed by atoms with E-state index in [1.807, 2.05) is 11.4 Å². The predicted octanol–water partition coefficient (Wildman–Crippen LogP) is 3.24. The standard InChI is InChI=1S/C12H8BrN3O2S/c1-18-12(17)7-2-3-14-11-9(7)15-10(16-11)8-4-6(13)5-19-8/h2-5H,1H3,(H,14,15,16). The zero-order valence-electron chi connectivity index (χ0n) is 9.81. The molecular weight excluding hydrogens is 330 g/mol. The summed E-state index contributed by atoms with van der Waals surface area (Å²) in [6.07, 6.45) is 1.55. The number of aromatic amines is 1. The first-order chi connectivity index (χ1) is 9.19. The van der Waals surface area contributed by atoms with Crippen molar-refractivity contribution in [3.8, 4) is 10.7 Å². The molecule has 3 aromatic rings. The zero-order chi connectivity index (χ0) is 13.4. The number of H-pyrrole nitrogens is 1. The van der Waals surface area contributed by atoms with Gasteiger partial charge in [0, 0.05) is 16.0 Å². The van der Waals surface area contributed by atoms with Gasteiger partial charge in [0.2, 0.25) is 0 Å². The second-order valence-electron chi connectivity index (χ2n) is 3.76. The molecule has 5 nitrogen and oxygen atoms in total. The van der Waals surface area contributed by atoms with Crippen molar-refractivity contribution in [1.82, 2.24) is 15.0 Å². The summed E-state index contributed by atoms with van der Waals surface area (Å²) < 4.78 is 5.74. The number of aromatic nitrogens is 3. The Morgan fingerprint density at radius 1 is 1.53 bits per heavy atom. The van der Waals surface area contributed by atoms with Crippen molar-refractivity contribution in [2.24, 2.45) is 0 Å². The molecular formula is C12H8BrN3O2S. The summed E-state index contributed by atoms with van der Waals surface area (Å²) >= 11 is 4.95. The Labute approximate surface area is 120 Å². The van der Waals surface area contributed by atoms with E-state index >= 15 is 0 Å². The number of nitrogens with zero attached hydrogens (tertiary/aromatic N) is 2. The molecule has 0 aliphatic rings. The van der Waals surface area contributed by atoms with E-state index in [1.54, 1.807) is 23.6 Å². The normalized spacial score (nSPS) is 10.8. The van der Waals surface area contributed by atoms with E-state index in [2.05, 4.69) is 30.9 Å². The lowest BCUT2D eigenvalue weighted by Gasteiger charge is -1.98. The van der Waals surface area contributed by atoms with Gasteiger partial charge in [-0.3, -0.25) is 0 Å². The van der Waals surface area contributed by atoms with E-state index in [0.717, 1.165) is 9.35 Å². The van der Waals surface area contributed by atoms with Gasteiger partial charge >= 0.3 is 5.97 Å². The Bertz CT molecular complexity index is 765. The third-order valence-electron chi connectivity index (χ3n) is 2.60. The molecule has 0 fully saturated rings. The van der Waals surface area contributed by atoms with Crippen molar-refractivity contribution >= 4 is 44.4 Å². The Morgan fingerprint density at radius 3 is 3.05 bits per heavy atom. The van der Waals surface area contributed by atoms with E-state index in [4.69, 9.17) is 4.74 Å². The van der Waals surface area contributed by atoms with Gasteiger partial charge in [-0.05, 0) is 28.1 Å². The third kappa shape index (κ3) is 2.15. The summed E-state index contributed by atoms with van der Waals surface area (Å²) in [6, 6.07) is 3.57. The maximum Gasteiger partial charge on any atom is 0.340 e. The largest absolute Gasteiger partial charge is 0.465 e. The molecule has 0 saturated heterocycles. The monoisotopic (exact) mass is 337 g/mol. The molecule has 0 bridgehead atoms. The average Bonchev–Trinajstić information content (AvgIpc) is 3.02. The number of hydrogen-bond acceptors (Lipinski definition) is 5. The van der Waals surface area contributed by atoms with Crippen LogP contribution in [0.15, 0.2) is 28.2 Å². The number of pyridine rings is 1. The first-order valence-corrected chi connectivity index (χ1v) is 7.04. The lowest BCUT2D eigenvalue weighted by Crippen LogP contribution is -2.02. The van der Waals surface area contributed by atoms with Crippen molar-refractivity contribution in [1.29, 1.82) is 0 Å². The molecule has 96 valence electrons. The molecule has 0 aliphatic heterocycles. The van der Waals surface area contributed by atoms with Crippen LogP contribution in [-0.2, 0) is 4.74 Å². The highest BCUT2D eigenvalue weighted by atomic mass is 79.9. The fourth-order valence-electron chi connectivity index (χ4n) is 1.74. The van der Waals surface area contributed by atoms with Crippen LogP contribution in [0.3, 0.4) is 0 Å². The Hall–Kier alpha value is -1.73. The summed E-state index contributed by atoms with van der Waals surface area (Å²) in [5, 5.41) is 1.97. The first-order valence-electron chi connectivity index (χ1n) is 5.36. The summed E-state index contributed by atoms with van der Waals surface area (Å²) in [4.78, 5) is 24.3. The summed E-state index contributed by atoms with van der Waals surface area (Å²) in [5.41, 5.74) is 1.53. The second kappa shape index (κ2) is 4.75. The molecule has 0 aromatic carbocycles. The van der Waals surface area contributed by atoms with Crippen LogP contribution in [0.25, 0.3) is 21.9 Å². The van der Waals surface area contributed by atoms with E-state index in [9.17, 15) is 4.79 Å². The molecule has 0 spiro atoms. The van der Waals surface area contributed by atoms with Crippen LogP contribution in [0.2, 0.25) is 0 Å². The van der Waals surface area contributed by atoms with Gasteiger partial charge in [0.05, 0.1) is 23.1 Å². The summed E-state index contributed by atoms with van der Waals surface area (Å²) in [5.74, 6) is 0.282. The van der Waals surface area contributed by atoms with Gasteiger partial charge in [0.25, 0.3) is 0 Å². The topological polar surface area (TPSA) is 67.9 Å². The van der Waals surface area contributed by atoms with Crippen molar-refractivity contribution < 1.29 is 9.53 Å². The van der Waals surface area contributed by atoms with Crippen molar-refractivity contribution in [3.05, 3.63) is 33.7 Å². The van der Waals surface area contributed by atoms with Crippen molar-refractivity contribution in [3.63, 3.8) is 0 Å². The molecule has 0 aliphatic carbocycles. The number of hydrogen-bond donors (Lipinski definition) is 1. The van der Waals surface area contributed by atoms with Crippen molar-refractivity contribution in [2.45, 2.75) is 0 Å². The highest BCUT2D eigenvalue weighted by Crippen LogP contribution is 2.29. The number of halogens is 1. The maximum absolute atomic E-state index is 11.7. The average molecular weight is 338 g/mol. The maximum atomic E-state index is 11.7. The van der Waals surface area contributed by atoms with E-state index in [1.165, 1.54) is 7.11 Å². The molecule has 7 heteroatoms. The number of thiophene rings is 1. The number of nitrogens with one attached hydrogen (secondary N) is 1. The fourth-order valence-corrected chi connectivity index (χ4v) is 3.12. The minimum atomic E-state index is -0.407. The number of methoxy groups -OCH3 is 1. The van der Waals surface area contributed by atoms with Gasteiger partial charge in [-0.25, -0.2) is 14.8 Å². The molecule has 0 radical (unpaired) electrons. The second-order valence-corrected chi connectivity index (χ2v) is 5.59. The number of rotatable bonds is 2. The lowest BCUT2D eigenvalue weighted by atomic mass is 10.2. The predicted molar refractivity (Wildman–Crippen MR) is 76.2 cm³/mol. The molecule has 1 N–H and O–H groups in total. The highest BCUT2D eigenvalue weighted by molar-refractivity contribution is 9.10. The van der Waals surface area contributed by atoms with Gasteiger partial charge < -0.3 is 9.72 Å². The number of ether oxygens (including phenoxy) is 1. The lowest BCUT2D eigenvalue weighted by molar-refractivity contribution is 0.0602. The molecule has 0 unspecified atom stereocenters. The highest BCUT2D eigenvalue weighted by Gasteiger charge is 2.15. The summed E-state index contributed by atoms with van der Waals surface area (Å²) in [7, 11) is 1.35. The van der Waals surface area contributed by atoms with Crippen LogP contribution in [0.5, 0.6) is 0 Å². The van der Waals surface area contributed by atoms with Gasteiger partial charge in [0.1, 0.15) is 0 Å². The summed E-state index contributed by atoms with van der Waals surface area (Å²) in [6.45, 7) is 0. The van der Waals surface area contributed by atoms with Crippen LogP contribution in [0.4, 0.5) is 0 Å². The number of imidazole rings is 1. The number of esters is 1. The first kappa shape index (κ1) is 12.3. The fraction of sp³-hybridized carbons (Fsp3) is 0.0833. The quantitative estimate of drug-likeness (QED) is 0.729. The SMILES string of the molecule is COC(=O)c1ccnc2nc(-c3cc(Br)cs3)[nH]c12. The Kier molecular flexibility index (Phi) is 3.08. The van der Waals surface area contributed by atoms with Gasteiger partial charge in [0.15, 0.2) is 11.5 Å². The molecule has 0 atom stereocenters. The molecule has 3 rings (SSSR count). The third-order valence-corrected chi connectivity index (χ3v) is 4.30. The van der Waals surface area contributed by atoms with Crippen LogP contribution in [0, 0.1) is 0 Å². The number of carbonyl (C=O) groups is 1. The van der Waals surface area contributed by atoms with E-state index in [-0.39, 0.29) is 0 Å². The van der Waals surface area contributed by atoms with Gasteiger partial charge in [-0.2, -0.15) is 0 Å². The molecule has 0 saturated carbocycles. The van der Waals surface area contributed by atoms with Gasteiger partial charge in [-0.1, -0.05) is 0 Å². The van der Waals surface area contributed by atoms with E-state index < -0.39 is 5.97 Å².